The van der Waals surface area contributed by atoms with E-state index in [1.807, 2.05) is 24.3 Å². The van der Waals surface area contributed by atoms with Crippen LogP contribution in [0.15, 0.2) is 42.5 Å². The van der Waals surface area contributed by atoms with E-state index in [2.05, 4.69) is 0 Å². The topological polar surface area (TPSA) is 53.7 Å². The molecule has 21 heavy (non-hydrogen) atoms. The lowest BCUT2D eigenvalue weighted by Crippen LogP contribution is -2.19. The van der Waals surface area contributed by atoms with Crippen LogP contribution in [0.2, 0.25) is 5.02 Å². The Balaban J connectivity index is 2.07. The average Bonchev–Trinajstić information content (AvgIpc) is 2.52. The third-order valence-corrected chi connectivity index (χ3v) is 3.30. The fraction of sp³-hybridized carbons (Fsp3) is 0.250. The van der Waals surface area contributed by atoms with Crippen LogP contribution < -0.4 is 19.9 Å². The Labute approximate surface area is 129 Å². The van der Waals surface area contributed by atoms with E-state index in [4.69, 9.17) is 31.5 Å². The largest absolute Gasteiger partial charge is 0.497 e. The van der Waals surface area contributed by atoms with Gasteiger partial charge in [-0.2, -0.15) is 0 Å². The summed E-state index contributed by atoms with van der Waals surface area (Å²) in [5.74, 6) is 2.08. The van der Waals surface area contributed by atoms with Gasteiger partial charge in [-0.1, -0.05) is 17.7 Å². The summed E-state index contributed by atoms with van der Waals surface area (Å²) < 4.78 is 16.2. The molecule has 0 saturated heterocycles. The fourth-order valence-corrected chi connectivity index (χ4v) is 2.14. The van der Waals surface area contributed by atoms with Crippen molar-refractivity contribution in [3.05, 3.63) is 53.1 Å². The zero-order valence-electron chi connectivity index (χ0n) is 12.0. The molecule has 4 nitrogen and oxygen atoms in total. The van der Waals surface area contributed by atoms with Crippen molar-refractivity contribution < 1.29 is 14.2 Å². The van der Waals surface area contributed by atoms with E-state index >= 15 is 0 Å². The van der Waals surface area contributed by atoms with Crippen LogP contribution in [0.3, 0.4) is 0 Å². The van der Waals surface area contributed by atoms with E-state index in [1.165, 1.54) is 0 Å². The highest BCUT2D eigenvalue weighted by molar-refractivity contribution is 6.30. The first-order valence-corrected chi connectivity index (χ1v) is 6.87. The normalized spacial score (nSPS) is 11.8. The number of halogens is 1. The van der Waals surface area contributed by atoms with Crippen molar-refractivity contribution in [3.8, 4) is 17.2 Å². The summed E-state index contributed by atoms with van der Waals surface area (Å²) in [5, 5.41) is 0.628. The summed E-state index contributed by atoms with van der Waals surface area (Å²) in [7, 11) is 3.21. The van der Waals surface area contributed by atoms with Crippen molar-refractivity contribution in [2.75, 3.05) is 20.8 Å². The highest BCUT2D eigenvalue weighted by Crippen LogP contribution is 2.29. The van der Waals surface area contributed by atoms with Crippen LogP contribution in [0.1, 0.15) is 11.6 Å². The third kappa shape index (κ3) is 4.03. The zero-order chi connectivity index (χ0) is 15.2. The summed E-state index contributed by atoms with van der Waals surface area (Å²) in [6.45, 7) is 0.322. The Morgan fingerprint density at radius 1 is 1.05 bits per heavy atom. The highest BCUT2D eigenvalue weighted by atomic mass is 35.5. The predicted octanol–water partition coefficient (Wildman–Crippen LogP) is 3.44. The van der Waals surface area contributed by atoms with Crippen molar-refractivity contribution in [2.24, 2.45) is 5.73 Å². The second-order valence-electron chi connectivity index (χ2n) is 4.48. The minimum absolute atomic E-state index is 0.315. The second kappa shape index (κ2) is 7.20. The molecule has 0 saturated carbocycles. The van der Waals surface area contributed by atoms with Gasteiger partial charge < -0.3 is 19.9 Å². The van der Waals surface area contributed by atoms with Crippen molar-refractivity contribution in [1.29, 1.82) is 0 Å². The van der Waals surface area contributed by atoms with Crippen molar-refractivity contribution in [1.82, 2.24) is 0 Å². The molecular weight excluding hydrogens is 290 g/mol. The molecule has 0 aliphatic carbocycles. The maximum absolute atomic E-state index is 6.17. The molecule has 0 spiro atoms. The Kier molecular flexibility index (Phi) is 5.31. The maximum Gasteiger partial charge on any atom is 0.127 e. The third-order valence-electron chi connectivity index (χ3n) is 3.07. The van der Waals surface area contributed by atoms with Gasteiger partial charge in [-0.3, -0.25) is 0 Å². The van der Waals surface area contributed by atoms with Crippen molar-refractivity contribution >= 4 is 11.6 Å². The van der Waals surface area contributed by atoms with Gasteiger partial charge in [0.2, 0.25) is 0 Å². The van der Waals surface area contributed by atoms with Crippen LogP contribution in [0.25, 0.3) is 0 Å². The number of hydrogen-bond acceptors (Lipinski definition) is 4. The molecule has 0 amide bonds. The van der Waals surface area contributed by atoms with Crippen LogP contribution in [0.4, 0.5) is 0 Å². The smallest absolute Gasteiger partial charge is 0.127 e. The van der Waals surface area contributed by atoms with E-state index in [0.717, 1.165) is 11.3 Å². The molecule has 0 aliphatic rings. The van der Waals surface area contributed by atoms with Crippen molar-refractivity contribution in [3.63, 3.8) is 0 Å². The van der Waals surface area contributed by atoms with Crippen LogP contribution in [0.5, 0.6) is 17.2 Å². The fourth-order valence-electron chi connectivity index (χ4n) is 1.96. The molecule has 2 N–H and O–H groups in total. The van der Waals surface area contributed by atoms with E-state index in [9.17, 15) is 0 Å². The Bertz CT molecular complexity index is 604. The Hall–Kier alpha value is -1.91. The molecule has 0 bridgehead atoms. The SMILES string of the molecule is COc1ccc(C(N)COc2cccc(Cl)c2)c(OC)c1. The molecule has 2 rings (SSSR count). The van der Waals surface area contributed by atoms with Gasteiger partial charge in [-0.25, -0.2) is 0 Å². The van der Waals surface area contributed by atoms with Crippen LogP contribution in [0, 0.1) is 0 Å². The van der Waals surface area contributed by atoms with Gasteiger partial charge in [-0.15, -0.1) is 0 Å². The quantitative estimate of drug-likeness (QED) is 0.888. The van der Waals surface area contributed by atoms with Gasteiger partial charge in [0, 0.05) is 16.7 Å². The molecule has 0 aliphatic heterocycles. The first-order chi connectivity index (χ1) is 10.1. The molecule has 0 aromatic heterocycles. The standard InChI is InChI=1S/C16H18ClNO3/c1-19-12-6-7-14(16(9-12)20-2)15(18)10-21-13-5-3-4-11(17)8-13/h3-9,15H,10,18H2,1-2H3. The lowest BCUT2D eigenvalue weighted by Gasteiger charge is -2.17. The Morgan fingerprint density at radius 3 is 2.52 bits per heavy atom. The molecule has 2 aromatic carbocycles. The number of methoxy groups -OCH3 is 2. The van der Waals surface area contributed by atoms with E-state index in [0.29, 0.717) is 23.1 Å². The molecule has 1 unspecified atom stereocenters. The molecular formula is C16H18ClNO3. The first-order valence-electron chi connectivity index (χ1n) is 6.50. The first kappa shape index (κ1) is 15.5. The van der Waals surface area contributed by atoms with Gasteiger partial charge in [0.15, 0.2) is 0 Å². The maximum atomic E-state index is 6.17. The predicted molar refractivity (Wildman–Crippen MR) is 83.4 cm³/mol. The lowest BCUT2D eigenvalue weighted by atomic mass is 10.1. The molecule has 0 radical (unpaired) electrons. The van der Waals surface area contributed by atoms with Crippen molar-refractivity contribution in [2.45, 2.75) is 6.04 Å². The average molecular weight is 308 g/mol. The number of nitrogens with two attached hydrogens (primary N) is 1. The number of rotatable bonds is 6. The second-order valence-corrected chi connectivity index (χ2v) is 4.92. The van der Waals surface area contributed by atoms with Gasteiger partial charge in [0.25, 0.3) is 0 Å². The minimum Gasteiger partial charge on any atom is -0.497 e. The zero-order valence-corrected chi connectivity index (χ0v) is 12.8. The van der Waals surface area contributed by atoms with Gasteiger partial charge >= 0.3 is 0 Å². The van der Waals surface area contributed by atoms with E-state index < -0.39 is 0 Å². The minimum atomic E-state index is -0.315. The number of hydrogen-bond donors (Lipinski definition) is 1. The summed E-state index contributed by atoms with van der Waals surface area (Å²) in [5.41, 5.74) is 7.03. The van der Waals surface area contributed by atoms with E-state index in [-0.39, 0.29) is 6.04 Å². The lowest BCUT2D eigenvalue weighted by molar-refractivity contribution is 0.286. The summed E-state index contributed by atoms with van der Waals surface area (Å²) in [6.07, 6.45) is 0. The van der Waals surface area contributed by atoms with Crippen LogP contribution >= 0.6 is 11.6 Å². The van der Waals surface area contributed by atoms with Gasteiger partial charge in [0.05, 0.1) is 20.3 Å². The van der Waals surface area contributed by atoms with Crippen LogP contribution in [-0.4, -0.2) is 20.8 Å². The molecule has 0 fully saturated rings. The van der Waals surface area contributed by atoms with Crippen LogP contribution in [-0.2, 0) is 0 Å². The highest BCUT2D eigenvalue weighted by Gasteiger charge is 2.14. The molecule has 5 heteroatoms. The monoisotopic (exact) mass is 307 g/mol. The summed E-state index contributed by atoms with van der Waals surface area (Å²) in [4.78, 5) is 0. The summed E-state index contributed by atoms with van der Waals surface area (Å²) in [6, 6.07) is 12.4. The molecule has 112 valence electrons. The van der Waals surface area contributed by atoms with Gasteiger partial charge in [0.1, 0.15) is 23.9 Å². The molecule has 1 atom stereocenters. The number of benzene rings is 2. The van der Waals surface area contributed by atoms with E-state index in [1.54, 1.807) is 32.4 Å². The Morgan fingerprint density at radius 2 is 1.86 bits per heavy atom. The van der Waals surface area contributed by atoms with Gasteiger partial charge in [-0.05, 0) is 30.3 Å². The number of ether oxygens (including phenoxy) is 3. The summed E-state index contributed by atoms with van der Waals surface area (Å²) >= 11 is 5.91. The molecule has 0 heterocycles. The molecule has 2 aromatic rings.